The summed E-state index contributed by atoms with van der Waals surface area (Å²) in [6.45, 7) is 1.90. The maximum absolute atomic E-state index is 12.0. The second-order valence-corrected chi connectivity index (χ2v) is 4.14. The Labute approximate surface area is 100 Å². The number of aryl methyl sites for hydroxylation is 3. The van der Waals surface area contributed by atoms with E-state index in [-0.39, 0.29) is 5.78 Å². The van der Waals surface area contributed by atoms with Crippen molar-refractivity contribution in [2.24, 2.45) is 14.1 Å². The van der Waals surface area contributed by atoms with Crippen molar-refractivity contribution < 1.29 is 4.79 Å². The molecule has 2 rings (SSSR count). The molecule has 0 spiro atoms. The molecule has 0 amide bonds. The van der Waals surface area contributed by atoms with Gasteiger partial charge in [0, 0.05) is 45.0 Å². The predicted octanol–water partition coefficient (Wildman–Crippen LogP) is 1.28. The van der Waals surface area contributed by atoms with Crippen molar-refractivity contribution in [3.05, 3.63) is 35.7 Å². The van der Waals surface area contributed by atoms with Crippen LogP contribution in [0.2, 0.25) is 0 Å². The smallest absolute Gasteiger partial charge is 0.166 e. The molecule has 0 saturated heterocycles. The van der Waals surface area contributed by atoms with Crippen LogP contribution in [0.25, 0.3) is 0 Å². The molecule has 0 aliphatic rings. The van der Waals surface area contributed by atoms with E-state index in [1.165, 1.54) is 0 Å². The van der Waals surface area contributed by atoms with Gasteiger partial charge in [-0.3, -0.25) is 9.48 Å². The largest absolute Gasteiger partial charge is 0.338 e. The summed E-state index contributed by atoms with van der Waals surface area (Å²) in [7, 11) is 3.77. The average molecular weight is 232 g/mol. The second kappa shape index (κ2) is 4.53. The lowest BCUT2D eigenvalue weighted by molar-refractivity contribution is 0.0981. The number of Topliss-reactive ketones (excluding diaryl/α,β-unsaturated/α-hetero) is 1. The van der Waals surface area contributed by atoms with E-state index in [1.54, 1.807) is 17.1 Å². The fourth-order valence-corrected chi connectivity index (χ4v) is 1.77. The van der Waals surface area contributed by atoms with Crippen LogP contribution in [0.4, 0.5) is 0 Å². The van der Waals surface area contributed by atoms with Crippen LogP contribution in [0.5, 0.6) is 0 Å². The monoisotopic (exact) mass is 232 g/mol. The van der Waals surface area contributed by atoms with Gasteiger partial charge in [-0.2, -0.15) is 5.10 Å². The Bertz CT molecular complexity index is 538. The number of imidazole rings is 1. The van der Waals surface area contributed by atoms with Crippen LogP contribution in [0.1, 0.15) is 28.3 Å². The highest BCUT2D eigenvalue weighted by atomic mass is 16.1. The fraction of sp³-hybridized carbons (Fsp3) is 0.417. The van der Waals surface area contributed by atoms with Crippen molar-refractivity contribution in [1.82, 2.24) is 19.3 Å². The van der Waals surface area contributed by atoms with Crippen molar-refractivity contribution in [2.45, 2.75) is 19.8 Å². The van der Waals surface area contributed by atoms with Gasteiger partial charge >= 0.3 is 0 Å². The molecule has 5 heteroatoms. The summed E-state index contributed by atoms with van der Waals surface area (Å²) >= 11 is 0. The molecule has 0 atom stereocenters. The van der Waals surface area contributed by atoms with Crippen molar-refractivity contribution in [3.8, 4) is 0 Å². The number of ketones is 1. The summed E-state index contributed by atoms with van der Waals surface area (Å²) in [5, 5.41) is 4.07. The van der Waals surface area contributed by atoms with E-state index in [2.05, 4.69) is 10.1 Å². The fourth-order valence-electron chi connectivity index (χ4n) is 1.77. The lowest BCUT2D eigenvalue weighted by Crippen LogP contribution is -2.06. The van der Waals surface area contributed by atoms with Crippen LogP contribution in [-0.2, 0) is 20.5 Å². The third-order valence-electron chi connectivity index (χ3n) is 3.03. The second-order valence-electron chi connectivity index (χ2n) is 4.14. The first-order valence-corrected chi connectivity index (χ1v) is 5.57. The molecule has 17 heavy (non-hydrogen) atoms. The van der Waals surface area contributed by atoms with E-state index in [4.69, 9.17) is 0 Å². The Kier molecular flexibility index (Phi) is 3.08. The van der Waals surface area contributed by atoms with Gasteiger partial charge in [0.05, 0.1) is 11.8 Å². The average Bonchev–Trinajstić information content (AvgIpc) is 2.84. The zero-order valence-electron chi connectivity index (χ0n) is 10.3. The number of hydrogen-bond donors (Lipinski definition) is 0. The van der Waals surface area contributed by atoms with Crippen LogP contribution in [-0.4, -0.2) is 25.1 Å². The molecule has 2 aromatic rings. The van der Waals surface area contributed by atoms with Crippen LogP contribution in [0.3, 0.4) is 0 Å². The minimum absolute atomic E-state index is 0.124. The summed E-state index contributed by atoms with van der Waals surface area (Å²) < 4.78 is 3.65. The van der Waals surface area contributed by atoms with Gasteiger partial charge in [-0.25, -0.2) is 4.98 Å². The summed E-state index contributed by atoms with van der Waals surface area (Å²) in [5.41, 5.74) is 1.62. The van der Waals surface area contributed by atoms with Crippen LogP contribution < -0.4 is 0 Å². The molecule has 0 fully saturated rings. The zero-order valence-corrected chi connectivity index (χ0v) is 10.3. The Balaban J connectivity index is 2.03. The molecule has 5 nitrogen and oxygen atoms in total. The Morgan fingerprint density at radius 2 is 2.18 bits per heavy atom. The number of nitrogens with zero attached hydrogens (tertiary/aromatic N) is 4. The van der Waals surface area contributed by atoms with Gasteiger partial charge in [0.2, 0.25) is 0 Å². The number of aromatic nitrogens is 4. The van der Waals surface area contributed by atoms with Gasteiger partial charge < -0.3 is 4.57 Å². The molecule has 0 N–H and O–H groups in total. The first-order valence-electron chi connectivity index (χ1n) is 5.57. The number of rotatable bonds is 4. The maximum Gasteiger partial charge on any atom is 0.166 e. The van der Waals surface area contributed by atoms with E-state index < -0.39 is 0 Å². The molecule has 0 radical (unpaired) electrons. The van der Waals surface area contributed by atoms with Crippen molar-refractivity contribution >= 4 is 5.78 Å². The molecular weight excluding hydrogens is 216 g/mol. The zero-order chi connectivity index (χ0) is 12.4. The summed E-state index contributed by atoms with van der Waals surface area (Å²) in [6.07, 6.45) is 6.40. The van der Waals surface area contributed by atoms with Crippen molar-refractivity contribution in [1.29, 1.82) is 0 Å². The highest BCUT2D eigenvalue weighted by Crippen LogP contribution is 2.10. The lowest BCUT2D eigenvalue weighted by Gasteiger charge is -2.01. The minimum Gasteiger partial charge on any atom is -0.338 e. The lowest BCUT2D eigenvalue weighted by atomic mass is 10.1. The van der Waals surface area contributed by atoms with Gasteiger partial charge in [0.1, 0.15) is 5.82 Å². The molecule has 90 valence electrons. The van der Waals surface area contributed by atoms with E-state index in [9.17, 15) is 4.79 Å². The number of carbonyl (C=O) groups is 1. The molecule has 0 bridgehead atoms. The van der Waals surface area contributed by atoms with Crippen LogP contribution >= 0.6 is 0 Å². The first kappa shape index (κ1) is 11.6. The van der Waals surface area contributed by atoms with E-state index in [1.807, 2.05) is 31.8 Å². The third kappa shape index (κ3) is 2.27. The van der Waals surface area contributed by atoms with Crippen LogP contribution in [0.15, 0.2) is 18.6 Å². The molecule has 0 aromatic carbocycles. The minimum atomic E-state index is 0.124. The number of hydrogen-bond acceptors (Lipinski definition) is 3. The van der Waals surface area contributed by atoms with Crippen molar-refractivity contribution in [2.75, 3.05) is 0 Å². The first-order chi connectivity index (χ1) is 8.09. The van der Waals surface area contributed by atoms with E-state index in [0.717, 1.165) is 11.5 Å². The molecule has 0 aliphatic heterocycles. The molecule has 0 unspecified atom stereocenters. The molecule has 2 heterocycles. The molecule has 2 aromatic heterocycles. The van der Waals surface area contributed by atoms with Gasteiger partial charge in [-0.1, -0.05) is 0 Å². The van der Waals surface area contributed by atoms with Crippen molar-refractivity contribution in [3.63, 3.8) is 0 Å². The standard InChI is InChI=1S/C12H16N4O/c1-9-10(8-14-16(9)3)11(17)4-5-12-13-6-7-15(12)2/h6-8H,4-5H2,1-3H3. The topological polar surface area (TPSA) is 52.7 Å². The third-order valence-corrected chi connectivity index (χ3v) is 3.03. The van der Waals surface area contributed by atoms with Gasteiger partial charge in [0.15, 0.2) is 5.78 Å². The number of carbonyl (C=O) groups excluding carboxylic acids is 1. The molecule has 0 saturated carbocycles. The summed E-state index contributed by atoms with van der Waals surface area (Å²) in [5.74, 6) is 1.05. The molecule has 0 aliphatic carbocycles. The SMILES string of the molecule is Cc1c(C(=O)CCc2nccn2C)cnn1C. The van der Waals surface area contributed by atoms with Gasteiger partial charge in [-0.15, -0.1) is 0 Å². The quantitative estimate of drug-likeness (QED) is 0.746. The summed E-state index contributed by atoms with van der Waals surface area (Å²) in [4.78, 5) is 16.2. The van der Waals surface area contributed by atoms with E-state index >= 15 is 0 Å². The van der Waals surface area contributed by atoms with E-state index in [0.29, 0.717) is 18.4 Å². The highest BCUT2D eigenvalue weighted by molar-refractivity contribution is 5.96. The molecular formula is C12H16N4O. The van der Waals surface area contributed by atoms with Gasteiger partial charge in [0.25, 0.3) is 0 Å². The normalized spacial score (nSPS) is 10.8. The maximum atomic E-state index is 12.0. The Morgan fingerprint density at radius 1 is 1.41 bits per heavy atom. The Morgan fingerprint density at radius 3 is 2.71 bits per heavy atom. The van der Waals surface area contributed by atoms with Gasteiger partial charge in [-0.05, 0) is 6.92 Å². The Hall–Kier alpha value is -1.91. The van der Waals surface area contributed by atoms with Crippen LogP contribution in [0, 0.1) is 6.92 Å². The highest BCUT2D eigenvalue weighted by Gasteiger charge is 2.13. The summed E-state index contributed by atoms with van der Waals surface area (Å²) in [6, 6.07) is 0. The predicted molar refractivity (Wildman–Crippen MR) is 63.8 cm³/mol.